The molecule has 5 rings (SSSR count). The molecule has 1 fully saturated rings. The number of amides is 3. The van der Waals surface area contributed by atoms with E-state index in [0.29, 0.717) is 13.1 Å². The lowest BCUT2D eigenvalue weighted by molar-refractivity contribution is -0.130. The number of nitrogens with zero attached hydrogens (tertiary/aromatic N) is 2. The largest absolute Gasteiger partial charge is 0.340 e. The van der Waals surface area contributed by atoms with E-state index in [-0.39, 0.29) is 24.1 Å². The summed E-state index contributed by atoms with van der Waals surface area (Å²) in [7, 11) is 0. The zero-order valence-electron chi connectivity index (χ0n) is 19.8. The fourth-order valence-electron chi connectivity index (χ4n) is 4.97. The summed E-state index contributed by atoms with van der Waals surface area (Å²) in [5.74, 6) is -1.03. The Morgan fingerprint density at radius 2 is 1.66 bits per heavy atom. The Kier molecular flexibility index (Phi) is 6.36. The molecule has 0 bridgehead atoms. The van der Waals surface area contributed by atoms with Gasteiger partial charge in [0.2, 0.25) is 11.8 Å². The van der Waals surface area contributed by atoms with Crippen molar-refractivity contribution in [2.75, 3.05) is 22.9 Å². The molecule has 2 heterocycles. The minimum absolute atomic E-state index is 0.0819. The van der Waals surface area contributed by atoms with Crippen molar-refractivity contribution in [1.29, 1.82) is 0 Å². The van der Waals surface area contributed by atoms with Gasteiger partial charge >= 0.3 is 0 Å². The van der Waals surface area contributed by atoms with Gasteiger partial charge in [0.05, 0.1) is 5.92 Å². The highest BCUT2D eigenvalue weighted by Gasteiger charge is 2.38. The van der Waals surface area contributed by atoms with Crippen molar-refractivity contribution >= 4 is 29.1 Å². The van der Waals surface area contributed by atoms with Gasteiger partial charge in [0.25, 0.3) is 5.91 Å². The topological polar surface area (TPSA) is 69.7 Å². The first-order valence-corrected chi connectivity index (χ1v) is 12.1. The quantitative estimate of drug-likeness (QED) is 0.612. The lowest BCUT2D eigenvalue weighted by Crippen LogP contribution is -2.46. The number of benzene rings is 3. The second-order valence-electron chi connectivity index (χ2n) is 9.32. The highest BCUT2D eigenvalue weighted by atomic mass is 16.2. The van der Waals surface area contributed by atoms with E-state index in [2.05, 4.69) is 11.4 Å². The van der Waals surface area contributed by atoms with Gasteiger partial charge < -0.3 is 15.1 Å². The Hall–Kier alpha value is -3.93. The van der Waals surface area contributed by atoms with Crippen LogP contribution >= 0.6 is 0 Å². The summed E-state index contributed by atoms with van der Waals surface area (Å²) in [5, 5.41) is 3.00. The fourth-order valence-corrected chi connectivity index (χ4v) is 4.97. The first-order chi connectivity index (χ1) is 17.0. The van der Waals surface area contributed by atoms with Crippen LogP contribution in [0.25, 0.3) is 0 Å². The molecule has 0 spiro atoms. The fraction of sp³-hybridized carbons (Fsp3) is 0.276. The third-order valence-corrected chi connectivity index (χ3v) is 6.88. The molecule has 3 amide bonds. The minimum atomic E-state index is -0.821. The van der Waals surface area contributed by atoms with Gasteiger partial charge in [-0.1, -0.05) is 66.2 Å². The highest BCUT2D eigenvalue weighted by molar-refractivity contribution is 6.03. The molecule has 6 nitrogen and oxygen atoms in total. The van der Waals surface area contributed by atoms with Crippen LogP contribution in [0.15, 0.2) is 78.9 Å². The molecular weight excluding hydrogens is 438 g/mol. The number of aryl methyl sites for hydroxylation is 2. The van der Waals surface area contributed by atoms with Crippen molar-refractivity contribution < 1.29 is 14.4 Å². The highest BCUT2D eigenvalue weighted by Crippen LogP contribution is 2.31. The van der Waals surface area contributed by atoms with Crippen molar-refractivity contribution in [3.8, 4) is 0 Å². The zero-order chi connectivity index (χ0) is 24.4. The van der Waals surface area contributed by atoms with Crippen LogP contribution in [0.5, 0.6) is 0 Å². The molecule has 0 aromatic heterocycles. The zero-order valence-corrected chi connectivity index (χ0v) is 19.8. The van der Waals surface area contributed by atoms with E-state index in [1.807, 2.05) is 79.7 Å². The summed E-state index contributed by atoms with van der Waals surface area (Å²) in [6, 6.07) is 24.2. The Morgan fingerprint density at radius 1 is 0.943 bits per heavy atom. The molecule has 2 aliphatic heterocycles. The normalized spacial score (nSPS) is 18.2. The third kappa shape index (κ3) is 4.69. The van der Waals surface area contributed by atoms with Gasteiger partial charge in [-0.2, -0.15) is 0 Å². The molecule has 0 saturated carbocycles. The number of hydrogen-bond acceptors (Lipinski definition) is 3. The smallest absolute Gasteiger partial charge is 0.254 e. The Labute approximate surface area is 205 Å². The van der Waals surface area contributed by atoms with Crippen LogP contribution in [-0.2, 0) is 20.8 Å². The van der Waals surface area contributed by atoms with Crippen molar-refractivity contribution in [3.63, 3.8) is 0 Å². The molecule has 6 heteroatoms. The maximum Gasteiger partial charge on any atom is 0.254 e. The minimum Gasteiger partial charge on any atom is -0.340 e. The molecule has 2 aliphatic rings. The van der Waals surface area contributed by atoms with Gasteiger partial charge in [-0.25, -0.2) is 0 Å². The summed E-state index contributed by atoms with van der Waals surface area (Å²) >= 11 is 0. The van der Waals surface area contributed by atoms with Crippen LogP contribution in [0.4, 0.5) is 11.4 Å². The Morgan fingerprint density at radius 3 is 2.43 bits per heavy atom. The number of carbonyl (C=O) groups excluding carboxylic acids is 3. The molecule has 1 saturated heterocycles. The average molecular weight is 468 g/mol. The van der Waals surface area contributed by atoms with Crippen LogP contribution in [0.3, 0.4) is 0 Å². The molecule has 35 heavy (non-hydrogen) atoms. The van der Waals surface area contributed by atoms with Crippen LogP contribution in [0.1, 0.15) is 35.6 Å². The first-order valence-electron chi connectivity index (χ1n) is 12.1. The van der Waals surface area contributed by atoms with E-state index < -0.39 is 12.0 Å². The third-order valence-electron chi connectivity index (χ3n) is 6.88. The summed E-state index contributed by atoms with van der Waals surface area (Å²) < 4.78 is 0. The lowest BCUT2D eigenvalue weighted by atomic mass is 9.98. The monoisotopic (exact) mass is 467 g/mol. The molecule has 178 valence electrons. The lowest BCUT2D eigenvalue weighted by Gasteiger charge is -2.33. The second kappa shape index (κ2) is 9.74. The predicted octanol–water partition coefficient (Wildman–Crippen LogP) is 4.18. The predicted molar refractivity (Wildman–Crippen MR) is 136 cm³/mol. The second-order valence-corrected chi connectivity index (χ2v) is 9.32. The van der Waals surface area contributed by atoms with Crippen LogP contribution in [0, 0.1) is 12.8 Å². The average Bonchev–Trinajstić information content (AvgIpc) is 3.29. The molecule has 2 atom stereocenters. The van der Waals surface area contributed by atoms with Gasteiger partial charge in [-0.3, -0.25) is 14.4 Å². The number of anilines is 2. The van der Waals surface area contributed by atoms with Crippen molar-refractivity contribution in [2.45, 2.75) is 32.2 Å². The van der Waals surface area contributed by atoms with Crippen molar-refractivity contribution in [2.24, 2.45) is 5.92 Å². The van der Waals surface area contributed by atoms with Crippen LogP contribution in [-0.4, -0.2) is 30.8 Å². The van der Waals surface area contributed by atoms with E-state index in [1.54, 1.807) is 9.80 Å². The molecule has 3 aromatic carbocycles. The summed E-state index contributed by atoms with van der Waals surface area (Å²) in [4.78, 5) is 43.4. The maximum absolute atomic E-state index is 13.8. The molecule has 0 aliphatic carbocycles. The van der Waals surface area contributed by atoms with Crippen molar-refractivity contribution in [1.82, 2.24) is 5.32 Å². The van der Waals surface area contributed by atoms with Gasteiger partial charge in [-0.05, 0) is 49.1 Å². The van der Waals surface area contributed by atoms with Crippen LogP contribution in [0.2, 0.25) is 0 Å². The summed E-state index contributed by atoms with van der Waals surface area (Å²) in [6.45, 7) is 2.90. The van der Waals surface area contributed by atoms with Crippen LogP contribution < -0.4 is 15.1 Å². The standard InChI is InChI=1S/C29H29N3O3/c1-20-13-15-24(16-14-20)32-19-23(18-26(32)33)28(34)30-27(22-9-3-2-4-10-22)29(35)31-17-7-11-21-8-5-6-12-25(21)31/h2-6,8-10,12-16,23,27H,7,11,17-19H2,1H3,(H,30,34)/t23-,27-/m1/s1. The maximum atomic E-state index is 13.8. The molecule has 0 unspecified atom stereocenters. The first kappa shape index (κ1) is 22.8. The summed E-state index contributed by atoms with van der Waals surface area (Å²) in [5.41, 5.74) is 4.67. The Balaban J connectivity index is 1.37. The molecule has 1 N–H and O–H groups in total. The number of rotatable bonds is 5. The van der Waals surface area contributed by atoms with Crippen molar-refractivity contribution in [3.05, 3.63) is 95.6 Å². The number of para-hydroxylation sites is 1. The van der Waals surface area contributed by atoms with E-state index >= 15 is 0 Å². The SMILES string of the molecule is Cc1ccc(N2C[C@H](C(=O)N[C@@H](C(=O)N3CCCc4ccccc43)c3ccccc3)CC2=O)cc1. The van der Waals surface area contributed by atoms with E-state index in [1.165, 1.54) is 0 Å². The number of fused-ring (bicyclic) bond motifs is 1. The van der Waals surface area contributed by atoms with Gasteiger partial charge in [0, 0.05) is 30.9 Å². The number of nitrogens with one attached hydrogen (secondary N) is 1. The van der Waals surface area contributed by atoms with Gasteiger partial charge in [0.15, 0.2) is 0 Å². The van der Waals surface area contributed by atoms with E-state index in [0.717, 1.165) is 40.9 Å². The molecule has 3 aromatic rings. The van der Waals surface area contributed by atoms with Gasteiger partial charge in [0.1, 0.15) is 6.04 Å². The van der Waals surface area contributed by atoms with Gasteiger partial charge in [-0.15, -0.1) is 0 Å². The van der Waals surface area contributed by atoms with E-state index in [4.69, 9.17) is 0 Å². The number of hydrogen-bond donors (Lipinski definition) is 1. The molecular formula is C29H29N3O3. The molecule has 0 radical (unpaired) electrons. The summed E-state index contributed by atoms with van der Waals surface area (Å²) in [6.07, 6.45) is 1.93. The Bertz CT molecular complexity index is 1240. The number of carbonyl (C=O) groups is 3. The van der Waals surface area contributed by atoms with E-state index in [9.17, 15) is 14.4 Å².